The Labute approximate surface area is 334 Å². The second-order valence-electron chi connectivity index (χ2n) is 14.5. The zero-order valence-corrected chi connectivity index (χ0v) is 33.1. The molecule has 10 amide bonds. The Kier molecular flexibility index (Phi) is 17.3. The van der Waals surface area contributed by atoms with Crippen LogP contribution in [0.15, 0.2) is 0 Å². The number of nitrogens with two attached hydrogens (primary N) is 1. The number of hydrogen-bond acceptors (Lipinski definition) is 12. The number of nitrogens with zero attached hydrogens (tertiary/aromatic N) is 3. The van der Waals surface area contributed by atoms with Crippen molar-refractivity contribution in [1.82, 2.24) is 51.9 Å². The zero-order valence-electron chi connectivity index (χ0n) is 33.1. The molecule has 58 heavy (non-hydrogen) atoms. The van der Waals surface area contributed by atoms with Crippen molar-refractivity contribution in [3.8, 4) is 0 Å². The fourth-order valence-corrected chi connectivity index (χ4v) is 6.71. The van der Waals surface area contributed by atoms with E-state index in [0.29, 0.717) is 38.6 Å². The number of carboxylic acid groups (broad SMARTS) is 1. The van der Waals surface area contributed by atoms with Gasteiger partial charge in [-0.15, -0.1) is 0 Å². The van der Waals surface area contributed by atoms with Gasteiger partial charge in [0.15, 0.2) is 0 Å². The lowest BCUT2D eigenvalue weighted by molar-refractivity contribution is -0.141. The van der Waals surface area contributed by atoms with Crippen molar-refractivity contribution in [2.45, 2.75) is 109 Å². The minimum absolute atomic E-state index is 0.209. The molecule has 23 heteroatoms. The van der Waals surface area contributed by atoms with Crippen molar-refractivity contribution >= 4 is 65.0 Å². The third-order valence-corrected chi connectivity index (χ3v) is 9.95. The van der Waals surface area contributed by atoms with Crippen LogP contribution in [0.3, 0.4) is 0 Å². The molecule has 3 fully saturated rings. The highest BCUT2D eigenvalue weighted by Crippen LogP contribution is 2.20. The molecule has 3 rings (SSSR count). The smallest absolute Gasteiger partial charge is 0.322 e. The van der Waals surface area contributed by atoms with E-state index < -0.39 is 127 Å². The van der Waals surface area contributed by atoms with Gasteiger partial charge < -0.3 is 62.8 Å². The first-order valence-corrected chi connectivity index (χ1v) is 19.2. The molecule has 322 valence electrons. The molecule has 0 spiro atoms. The molecule has 3 aliphatic heterocycles. The normalized spacial score (nSPS) is 20.8. The van der Waals surface area contributed by atoms with Gasteiger partial charge in [0, 0.05) is 19.6 Å². The second-order valence-corrected chi connectivity index (χ2v) is 14.5. The molecule has 3 heterocycles. The average molecular weight is 822 g/mol. The van der Waals surface area contributed by atoms with Crippen LogP contribution in [0.1, 0.15) is 66.2 Å². The lowest BCUT2D eigenvalue weighted by Gasteiger charge is -2.27. The van der Waals surface area contributed by atoms with E-state index in [4.69, 9.17) is 10.8 Å². The van der Waals surface area contributed by atoms with Crippen LogP contribution in [0.4, 0.5) is 0 Å². The van der Waals surface area contributed by atoms with Gasteiger partial charge in [0.2, 0.25) is 59.1 Å². The highest BCUT2D eigenvalue weighted by molar-refractivity contribution is 5.97. The number of hydrogen-bond donors (Lipinski definition) is 9. The van der Waals surface area contributed by atoms with Crippen molar-refractivity contribution in [3.63, 3.8) is 0 Å². The van der Waals surface area contributed by atoms with Gasteiger partial charge in [-0.3, -0.25) is 52.7 Å². The van der Waals surface area contributed by atoms with Crippen LogP contribution in [0, 0.1) is 0 Å². The molecule has 0 saturated carbocycles. The van der Waals surface area contributed by atoms with Gasteiger partial charge in [-0.25, -0.2) is 0 Å². The van der Waals surface area contributed by atoms with E-state index >= 15 is 0 Å². The Morgan fingerprint density at radius 2 is 0.776 bits per heavy atom. The quantitative estimate of drug-likeness (QED) is 0.0624. The largest absolute Gasteiger partial charge is 0.480 e. The summed E-state index contributed by atoms with van der Waals surface area (Å²) >= 11 is 0. The van der Waals surface area contributed by atoms with Gasteiger partial charge in [0.05, 0.1) is 25.7 Å². The molecule has 0 aromatic rings. The molecule has 7 atom stereocenters. The SMILES string of the molecule is C[C@H](N)C(=O)NCC(=O)N1CCC[C@H]1C(=O)N[C@@H](C)C(=O)NCC(=O)N1CCC[C@H]1C(=O)N[C@@H](C)C(=O)NCC(=O)N1CCC[C@H]1C(=O)N[C@@H](C)C(=O)NCC(=O)O. The molecule has 0 bridgehead atoms. The number of carbonyl (C=O) groups is 11. The summed E-state index contributed by atoms with van der Waals surface area (Å²) in [5.74, 6) is -7.32. The van der Waals surface area contributed by atoms with Crippen molar-refractivity contribution in [1.29, 1.82) is 0 Å². The van der Waals surface area contributed by atoms with Crippen molar-refractivity contribution in [3.05, 3.63) is 0 Å². The number of carbonyl (C=O) groups excluding carboxylic acids is 10. The fourth-order valence-electron chi connectivity index (χ4n) is 6.71. The first-order valence-electron chi connectivity index (χ1n) is 19.2. The summed E-state index contributed by atoms with van der Waals surface area (Å²) in [6.45, 7) is 4.42. The van der Waals surface area contributed by atoms with Crippen LogP contribution in [-0.4, -0.2) is 173 Å². The van der Waals surface area contributed by atoms with Crippen LogP contribution < -0.4 is 43.0 Å². The number of aliphatic carboxylic acids is 1. The summed E-state index contributed by atoms with van der Waals surface area (Å²) in [6, 6.07) is -6.79. The van der Waals surface area contributed by atoms with Gasteiger partial charge in [0.25, 0.3) is 0 Å². The molecule has 0 aromatic heterocycles. The van der Waals surface area contributed by atoms with E-state index in [2.05, 4.69) is 37.2 Å². The molecular formula is C35H55N11O12. The number of likely N-dealkylation sites (tertiary alicyclic amines) is 3. The lowest BCUT2D eigenvalue weighted by atomic mass is 10.1. The maximum Gasteiger partial charge on any atom is 0.322 e. The third kappa shape index (κ3) is 13.1. The summed E-state index contributed by atoms with van der Waals surface area (Å²) in [7, 11) is 0. The molecule has 0 aromatic carbocycles. The van der Waals surface area contributed by atoms with Crippen molar-refractivity contribution in [2.75, 3.05) is 45.8 Å². The minimum Gasteiger partial charge on any atom is -0.480 e. The van der Waals surface area contributed by atoms with Gasteiger partial charge in [-0.05, 0) is 66.2 Å². The molecule has 3 aliphatic rings. The van der Waals surface area contributed by atoms with Crippen LogP contribution in [-0.2, 0) is 52.7 Å². The van der Waals surface area contributed by atoms with E-state index in [1.54, 1.807) is 0 Å². The van der Waals surface area contributed by atoms with E-state index in [0.717, 1.165) is 0 Å². The summed E-state index contributed by atoms with van der Waals surface area (Å²) in [5.41, 5.74) is 5.50. The van der Waals surface area contributed by atoms with E-state index in [1.165, 1.54) is 42.4 Å². The summed E-state index contributed by atoms with van der Waals surface area (Å²) in [6.07, 6.45) is 2.45. The second kappa shape index (κ2) is 21.6. The Bertz CT molecular complexity index is 1620. The van der Waals surface area contributed by atoms with Gasteiger partial charge >= 0.3 is 5.97 Å². The molecule has 10 N–H and O–H groups in total. The minimum atomic E-state index is -1.25. The van der Waals surface area contributed by atoms with Crippen molar-refractivity contribution < 1.29 is 57.8 Å². The van der Waals surface area contributed by atoms with Gasteiger partial charge in [0.1, 0.15) is 42.8 Å². The standard InChI is InChI=1S/C35H55N11O12/c1-18(36)29(52)37-14-25(47)44-11-5-8-22(44)33(56)41-19(2)30(53)38-15-26(48)45-12-6-9-23(45)34(57)42-20(3)31(54)39-16-27(49)46-13-7-10-24(46)35(58)43-21(4)32(55)40-17-28(50)51/h18-24H,5-17,36H2,1-4H3,(H,37,52)(H,38,53)(H,39,54)(H,40,55)(H,41,56)(H,42,57)(H,43,58)(H,50,51)/t18-,19-,20-,21-,22-,23-,24-/m0/s1. The van der Waals surface area contributed by atoms with Gasteiger partial charge in [-0.1, -0.05) is 0 Å². The summed E-state index contributed by atoms with van der Waals surface area (Å²) < 4.78 is 0. The first-order chi connectivity index (χ1) is 27.3. The molecular weight excluding hydrogens is 766 g/mol. The Hall–Kier alpha value is -5.87. The highest BCUT2D eigenvalue weighted by Gasteiger charge is 2.38. The third-order valence-electron chi connectivity index (χ3n) is 9.95. The van der Waals surface area contributed by atoms with Crippen molar-refractivity contribution in [2.24, 2.45) is 5.73 Å². The van der Waals surface area contributed by atoms with Crippen LogP contribution in [0.5, 0.6) is 0 Å². The number of nitrogens with one attached hydrogen (secondary N) is 7. The average Bonchev–Trinajstić information content (AvgIpc) is 3.98. The monoisotopic (exact) mass is 821 g/mol. The topological polar surface area (TPSA) is 328 Å². The number of rotatable bonds is 18. The Balaban J connectivity index is 1.42. The molecule has 0 aliphatic carbocycles. The van der Waals surface area contributed by atoms with E-state index in [-0.39, 0.29) is 26.1 Å². The Morgan fingerprint density at radius 1 is 0.500 bits per heavy atom. The number of carboxylic acids is 1. The predicted octanol–water partition coefficient (Wildman–Crippen LogP) is -5.63. The molecule has 0 radical (unpaired) electrons. The summed E-state index contributed by atoms with van der Waals surface area (Å²) in [4.78, 5) is 142. The highest BCUT2D eigenvalue weighted by atomic mass is 16.4. The van der Waals surface area contributed by atoms with E-state index in [1.807, 2.05) is 0 Å². The maximum absolute atomic E-state index is 13.2. The van der Waals surface area contributed by atoms with Crippen LogP contribution in [0.2, 0.25) is 0 Å². The molecule has 3 saturated heterocycles. The number of amides is 10. The maximum atomic E-state index is 13.2. The van der Waals surface area contributed by atoms with Gasteiger partial charge in [-0.2, -0.15) is 0 Å². The van der Waals surface area contributed by atoms with Crippen LogP contribution >= 0.6 is 0 Å². The Morgan fingerprint density at radius 3 is 1.05 bits per heavy atom. The van der Waals surface area contributed by atoms with Crippen LogP contribution in [0.25, 0.3) is 0 Å². The lowest BCUT2D eigenvalue weighted by Crippen LogP contribution is -2.56. The molecule has 23 nitrogen and oxygen atoms in total. The first kappa shape index (κ1) is 46.5. The molecule has 0 unspecified atom stereocenters. The predicted molar refractivity (Wildman–Crippen MR) is 200 cm³/mol. The summed E-state index contributed by atoms with van der Waals surface area (Å²) in [5, 5.41) is 25.7. The van der Waals surface area contributed by atoms with E-state index in [9.17, 15) is 52.7 Å². The fraction of sp³-hybridized carbons (Fsp3) is 0.686. The zero-order chi connectivity index (χ0) is 43.3.